The van der Waals surface area contributed by atoms with Crippen molar-refractivity contribution in [2.45, 2.75) is 51.1 Å². The maximum atomic E-state index is 13.0. The van der Waals surface area contributed by atoms with E-state index in [2.05, 4.69) is 14.8 Å². The largest absolute Gasteiger partial charge is 0.381 e. The van der Waals surface area contributed by atoms with Crippen LogP contribution >= 0.6 is 0 Å². The highest BCUT2D eigenvalue weighted by molar-refractivity contribution is 5.79. The van der Waals surface area contributed by atoms with Gasteiger partial charge < -0.3 is 9.64 Å². The Labute approximate surface area is 149 Å². The molecule has 0 radical (unpaired) electrons. The molecule has 6 nitrogen and oxygen atoms in total. The van der Waals surface area contributed by atoms with Gasteiger partial charge in [-0.15, -0.1) is 0 Å². The molecule has 0 aromatic carbocycles. The third-order valence-electron chi connectivity index (χ3n) is 5.74. The minimum Gasteiger partial charge on any atom is -0.381 e. The van der Waals surface area contributed by atoms with E-state index < -0.39 is 0 Å². The Bertz CT molecular complexity index is 597. The second-order valence-electron chi connectivity index (χ2n) is 7.49. The first-order valence-corrected chi connectivity index (χ1v) is 9.72. The number of hydrogen-bond donors (Lipinski definition) is 0. The van der Waals surface area contributed by atoms with Gasteiger partial charge in [-0.1, -0.05) is 0 Å². The van der Waals surface area contributed by atoms with Crippen molar-refractivity contribution in [1.82, 2.24) is 19.8 Å². The molecule has 1 atom stereocenters. The predicted octanol–water partition coefficient (Wildman–Crippen LogP) is 2.16. The summed E-state index contributed by atoms with van der Waals surface area (Å²) in [7, 11) is 0. The molecular weight excluding hydrogens is 316 g/mol. The standard InChI is InChI=1S/C19H28N4O2/c24-19(15-5-10-25-11-6-15)23-9-3-4-18(23)17-13-20-12-16(21-17)14-22-7-1-2-8-22/h12-13,15,18H,1-11,14H2/t18-/m0/s1. The van der Waals surface area contributed by atoms with Crippen LogP contribution in [0.1, 0.15) is 56.0 Å². The number of carbonyl (C=O) groups is 1. The molecule has 3 saturated heterocycles. The molecule has 0 saturated carbocycles. The Morgan fingerprint density at radius 1 is 1.08 bits per heavy atom. The monoisotopic (exact) mass is 344 g/mol. The van der Waals surface area contributed by atoms with Crippen molar-refractivity contribution in [2.24, 2.45) is 5.92 Å². The highest BCUT2D eigenvalue weighted by Gasteiger charge is 2.35. The van der Waals surface area contributed by atoms with Crippen molar-refractivity contribution in [3.05, 3.63) is 23.8 Å². The van der Waals surface area contributed by atoms with Crippen LogP contribution in [0.25, 0.3) is 0 Å². The molecule has 3 aliphatic rings. The van der Waals surface area contributed by atoms with Gasteiger partial charge >= 0.3 is 0 Å². The number of hydrogen-bond acceptors (Lipinski definition) is 5. The highest BCUT2D eigenvalue weighted by Crippen LogP contribution is 2.33. The second kappa shape index (κ2) is 7.79. The molecule has 0 bridgehead atoms. The summed E-state index contributed by atoms with van der Waals surface area (Å²) in [5, 5.41) is 0. The van der Waals surface area contributed by atoms with Crippen molar-refractivity contribution in [3.8, 4) is 0 Å². The summed E-state index contributed by atoms with van der Waals surface area (Å²) >= 11 is 0. The van der Waals surface area contributed by atoms with Gasteiger partial charge in [-0.3, -0.25) is 19.7 Å². The minimum atomic E-state index is 0.0985. The summed E-state index contributed by atoms with van der Waals surface area (Å²) in [5.74, 6) is 0.410. The average Bonchev–Trinajstić information content (AvgIpc) is 3.34. The van der Waals surface area contributed by atoms with Gasteiger partial charge in [-0.05, 0) is 51.6 Å². The summed E-state index contributed by atoms with van der Waals surface area (Å²) in [6.07, 6.45) is 10.0. The van der Waals surface area contributed by atoms with Crippen LogP contribution in [-0.2, 0) is 16.1 Å². The predicted molar refractivity (Wildman–Crippen MR) is 93.8 cm³/mol. The molecule has 3 fully saturated rings. The van der Waals surface area contributed by atoms with Gasteiger partial charge in [0.25, 0.3) is 0 Å². The fourth-order valence-corrected chi connectivity index (χ4v) is 4.35. The van der Waals surface area contributed by atoms with Crippen LogP contribution in [0.5, 0.6) is 0 Å². The first kappa shape index (κ1) is 16.9. The number of aromatic nitrogens is 2. The molecule has 1 amide bonds. The zero-order valence-electron chi connectivity index (χ0n) is 14.9. The van der Waals surface area contributed by atoms with E-state index in [1.54, 1.807) is 0 Å². The quantitative estimate of drug-likeness (QED) is 0.838. The Hall–Kier alpha value is -1.53. The van der Waals surface area contributed by atoms with E-state index in [0.717, 1.165) is 63.3 Å². The first-order chi connectivity index (χ1) is 12.3. The lowest BCUT2D eigenvalue weighted by Gasteiger charge is -2.30. The van der Waals surface area contributed by atoms with Gasteiger partial charge in [0, 0.05) is 38.4 Å². The highest BCUT2D eigenvalue weighted by atomic mass is 16.5. The summed E-state index contributed by atoms with van der Waals surface area (Å²) in [4.78, 5) is 26.8. The van der Waals surface area contributed by atoms with Crippen LogP contribution in [0.3, 0.4) is 0 Å². The molecule has 4 heterocycles. The van der Waals surface area contributed by atoms with E-state index in [1.165, 1.54) is 12.8 Å². The molecule has 0 spiro atoms. The number of likely N-dealkylation sites (tertiary alicyclic amines) is 2. The summed E-state index contributed by atoms with van der Waals surface area (Å²) in [5.41, 5.74) is 2.00. The van der Waals surface area contributed by atoms with Crippen molar-refractivity contribution in [1.29, 1.82) is 0 Å². The topological polar surface area (TPSA) is 58.6 Å². The molecule has 1 aromatic heterocycles. The maximum Gasteiger partial charge on any atom is 0.226 e. The van der Waals surface area contributed by atoms with E-state index in [0.29, 0.717) is 13.2 Å². The smallest absolute Gasteiger partial charge is 0.226 e. The van der Waals surface area contributed by atoms with Crippen molar-refractivity contribution in [2.75, 3.05) is 32.8 Å². The van der Waals surface area contributed by atoms with Crippen LogP contribution < -0.4 is 0 Å². The third-order valence-corrected chi connectivity index (χ3v) is 5.74. The Morgan fingerprint density at radius 3 is 2.68 bits per heavy atom. The Morgan fingerprint density at radius 2 is 1.88 bits per heavy atom. The average molecular weight is 344 g/mol. The van der Waals surface area contributed by atoms with Gasteiger partial charge in [0.15, 0.2) is 0 Å². The number of carbonyl (C=O) groups excluding carboxylic acids is 1. The van der Waals surface area contributed by atoms with Crippen LogP contribution in [0.15, 0.2) is 12.4 Å². The van der Waals surface area contributed by atoms with E-state index in [9.17, 15) is 4.79 Å². The maximum absolute atomic E-state index is 13.0. The van der Waals surface area contributed by atoms with Gasteiger partial charge in [0.2, 0.25) is 5.91 Å². The molecule has 4 rings (SSSR count). The molecule has 6 heteroatoms. The molecule has 25 heavy (non-hydrogen) atoms. The number of nitrogens with zero attached hydrogens (tertiary/aromatic N) is 4. The van der Waals surface area contributed by atoms with Crippen LogP contribution in [0.2, 0.25) is 0 Å². The first-order valence-electron chi connectivity index (χ1n) is 9.72. The van der Waals surface area contributed by atoms with Crippen molar-refractivity contribution >= 4 is 5.91 Å². The van der Waals surface area contributed by atoms with E-state index in [-0.39, 0.29) is 17.9 Å². The van der Waals surface area contributed by atoms with Gasteiger partial charge in [-0.2, -0.15) is 0 Å². The summed E-state index contributed by atoms with van der Waals surface area (Å²) in [6.45, 7) is 5.45. The number of ether oxygens (including phenoxy) is 1. The SMILES string of the molecule is O=C(C1CCOCC1)N1CCC[C@H]1c1cncc(CN2CCCC2)n1. The lowest BCUT2D eigenvalue weighted by molar-refractivity contribution is -0.139. The Balaban J connectivity index is 1.46. The minimum absolute atomic E-state index is 0.0985. The van der Waals surface area contributed by atoms with Crippen LogP contribution in [-0.4, -0.2) is 58.5 Å². The lowest BCUT2D eigenvalue weighted by Crippen LogP contribution is -2.38. The molecule has 0 N–H and O–H groups in total. The van der Waals surface area contributed by atoms with Crippen molar-refractivity contribution < 1.29 is 9.53 Å². The number of rotatable bonds is 4. The van der Waals surface area contributed by atoms with Crippen LogP contribution in [0, 0.1) is 5.92 Å². The van der Waals surface area contributed by atoms with Crippen LogP contribution in [0.4, 0.5) is 0 Å². The lowest BCUT2D eigenvalue weighted by atomic mass is 9.98. The molecule has 136 valence electrons. The molecular formula is C19H28N4O2. The summed E-state index contributed by atoms with van der Waals surface area (Å²) < 4.78 is 5.41. The summed E-state index contributed by atoms with van der Waals surface area (Å²) in [6, 6.07) is 0.0985. The second-order valence-corrected chi connectivity index (χ2v) is 7.49. The third kappa shape index (κ3) is 3.85. The molecule has 1 aromatic rings. The fraction of sp³-hybridized carbons (Fsp3) is 0.737. The van der Waals surface area contributed by atoms with Gasteiger partial charge in [0.1, 0.15) is 0 Å². The van der Waals surface area contributed by atoms with E-state index >= 15 is 0 Å². The van der Waals surface area contributed by atoms with Gasteiger partial charge in [-0.25, -0.2) is 0 Å². The van der Waals surface area contributed by atoms with E-state index in [1.807, 2.05) is 12.4 Å². The molecule has 0 unspecified atom stereocenters. The normalized spacial score (nSPS) is 25.6. The Kier molecular flexibility index (Phi) is 5.27. The zero-order valence-corrected chi connectivity index (χ0v) is 14.9. The fourth-order valence-electron chi connectivity index (χ4n) is 4.35. The van der Waals surface area contributed by atoms with Crippen molar-refractivity contribution in [3.63, 3.8) is 0 Å². The van der Waals surface area contributed by atoms with E-state index in [4.69, 9.17) is 9.72 Å². The van der Waals surface area contributed by atoms with Gasteiger partial charge in [0.05, 0.1) is 23.6 Å². The zero-order chi connectivity index (χ0) is 17.1. The molecule has 3 aliphatic heterocycles. The number of amides is 1. The molecule has 0 aliphatic carbocycles.